The second-order valence-electron chi connectivity index (χ2n) is 2.23. The third-order valence-corrected chi connectivity index (χ3v) is 1.60. The van der Waals surface area contributed by atoms with E-state index in [1.807, 2.05) is 18.2 Å². The molecular weight excluding hydrogens is 135 g/mol. The summed E-state index contributed by atoms with van der Waals surface area (Å²) in [5, 5.41) is 0. The van der Waals surface area contributed by atoms with Crippen molar-refractivity contribution in [2.75, 3.05) is 0 Å². The molecule has 1 aliphatic heterocycles. The summed E-state index contributed by atoms with van der Waals surface area (Å²) in [6.45, 7) is 0.439. The normalized spacial score (nSPS) is 13.3. The van der Waals surface area contributed by atoms with Gasteiger partial charge in [-0.15, -0.1) is 0 Å². The van der Waals surface area contributed by atoms with E-state index in [1.165, 1.54) is 0 Å². The first-order valence-electron chi connectivity index (χ1n) is 3.13. The van der Waals surface area contributed by atoms with E-state index in [-0.39, 0.29) is 26.3 Å². The molecule has 0 saturated carbocycles. The van der Waals surface area contributed by atoms with Gasteiger partial charge in [0.25, 0.3) is 0 Å². The van der Waals surface area contributed by atoms with Crippen molar-refractivity contribution in [1.82, 2.24) is 0 Å². The minimum atomic E-state index is -0.199. The summed E-state index contributed by atoms with van der Waals surface area (Å²) in [7, 11) is 0. The molecule has 0 radical (unpaired) electrons. The van der Waals surface area contributed by atoms with E-state index in [1.54, 1.807) is 6.07 Å². The van der Waals surface area contributed by atoms with Crippen molar-refractivity contribution in [3.63, 3.8) is 0 Å². The van der Waals surface area contributed by atoms with Crippen molar-refractivity contribution in [3.05, 3.63) is 35.4 Å². The molecule has 0 aromatic heterocycles. The van der Waals surface area contributed by atoms with E-state index >= 15 is 0 Å². The van der Waals surface area contributed by atoms with Crippen LogP contribution in [0.15, 0.2) is 24.3 Å². The number of hydrogen-bond donors (Lipinski definition) is 0. The first-order chi connectivity index (χ1) is 4.88. The Morgan fingerprint density at radius 1 is 1.36 bits per heavy atom. The van der Waals surface area contributed by atoms with Gasteiger partial charge in [0.2, 0.25) is 0 Å². The van der Waals surface area contributed by atoms with Crippen molar-refractivity contribution < 1.29 is 29.8 Å². The molecule has 3 heteroatoms. The molecule has 0 fully saturated rings. The van der Waals surface area contributed by atoms with Crippen molar-refractivity contribution in [2.24, 2.45) is 0 Å². The van der Waals surface area contributed by atoms with Crippen LogP contribution < -0.4 is 18.9 Å². The van der Waals surface area contributed by atoms with Crippen LogP contribution in [-0.4, -0.2) is 5.97 Å². The van der Waals surface area contributed by atoms with E-state index in [0.29, 0.717) is 12.2 Å². The molecule has 0 bridgehead atoms. The van der Waals surface area contributed by atoms with Crippen LogP contribution in [0.4, 0.5) is 0 Å². The minimum absolute atomic E-state index is 0. The molecule has 2 rings (SSSR count). The monoisotopic (exact) mass is 142 g/mol. The van der Waals surface area contributed by atoms with Gasteiger partial charge < -0.3 is 6.16 Å². The predicted octanol–water partition coefficient (Wildman–Crippen LogP) is -1.53. The molecule has 0 N–H and O–H groups in total. The molecule has 1 heterocycles. The van der Waals surface area contributed by atoms with Gasteiger partial charge >= 0.3 is 24.8 Å². The average molecular weight is 142 g/mol. The topological polar surface area (TPSA) is 26.3 Å². The van der Waals surface area contributed by atoms with Crippen LogP contribution >= 0.6 is 0 Å². The second kappa shape index (κ2) is 3.12. The summed E-state index contributed by atoms with van der Waals surface area (Å²) in [5.41, 5.74) is 1.70. The van der Waals surface area contributed by atoms with Crippen LogP contribution in [0.2, 0.25) is 0 Å². The van der Waals surface area contributed by atoms with Gasteiger partial charge in [-0.2, -0.15) is 0 Å². The Balaban J connectivity index is 0.000000605. The van der Waals surface area contributed by atoms with E-state index in [9.17, 15) is 4.79 Å². The number of benzene rings is 1. The quantitative estimate of drug-likeness (QED) is 0.324. The Morgan fingerprint density at radius 2 is 2.09 bits per heavy atom. The van der Waals surface area contributed by atoms with E-state index in [2.05, 4.69) is 0 Å². The first kappa shape index (κ1) is 8.38. The van der Waals surface area contributed by atoms with Crippen LogP contribution in [0.25, 0.3) is 0 Å². The SMILES string of the molecule is O=C1OCc2ccccc21.[H-].[Li+]. The molecule has 0 aliphatic carbocycles. The smallest absolute Gasteiger partial charge is 1.00 e. The van der Waals surface area contributed by atoms with Gasteiger partial charge in [-0.1, -0.05) is 18.2 Å². The Hall–Kier alpha value is -0.713. The summed E-state index contributed by atoms with van der Waals surface area (Å²) >= 11 is 0. The van der Waals surface area contributed by atoms with Crippen molar-refractivity contribution >= 4 is 5.97 Å². The molecule has 0 atom stereocenters. The standard InChI is InChI=1S/C8H6O2.Li.H/c9-8-7-4-2-1-3-6(7)5-10-8;;/h1-4H,5H2;;/q;+1;-1. The maximum Gasteiger partial charge on any atom is 1.00 e. The molecule has 1 aliphatic rings. The molecule has 1 aromatic rings. The summed E-state index contributed by atoms with van der Waals surface area (Å²) < 4.78 is 4.78. The van der Waals surface area contributed by atoms with Gasteiger partial charge in [-0.05, 0) is 6.07 Å². The summed E-state index contributed by atoms with van der Waals surface area (Å²) in [6.07, 6.45) is 0. The Labute approximate surface area is 78.2 Å². The predicted molar refractivity (Wildman–Crippen MR) is 36.7 cm³/mol. The number of hydrogen-bond acceptors (Lipinski definition) is 2. The fourth-order valence-corrected chi connectivity index (χ4v) is 1.07. The largest absolute Gasteiger partial charge is 1.00 e. The molecule has 11 heavy (non-hydrogen) atoms. The van der Waals surface area contributed by atoms with Gasteiger partial charge in [-0.25, -0.2) is 4.79 Å². The zero-order chi connectivity index (χ0) is 6.97. The zero-order valence-electron chi connectivity index (χ0n) is 7.33. The van der Waals surface area contributed by atoms with E-state index in [4.69, 9.17) is 4.74 Å². The second-order valence-corrected chi connectivity index (χ2v) is 2.23. The fraction of sp³-hybridized carbons (Fsp3) is 0.125. The number of esters is 1. The average Bonchev–Trinajstić information content (AvgIpc) is 2.34. The Bertz CT molecular complexity index is 288. The Kier molecular flexibility index (Phi) is 2.38. The summed E-state index contributed by atoms with van der Waals surface area (Å²) in [5.74, 6) is -0.199. The number of ether oxygens (including phenoxy) is 1. The van der Waals surface area contributed by atoms with Gasteiger partial charge in [0.15, 0.2) is 0 Å². The molecule has 0 saturated heterocycles. The van der Waals surface area contributed by atoms with Gasteiger partial charge in [0, 0.05) is 5.56 Å². The molecule has 0 unspecified atom stereocenters. The Morgan fingerprint density at radius 3 is 2.82 bits per heavy atom. The van der Waals surface area contributed by atoms with Gasteiger partial charge in [0.1, 0.15) is 6.61 Å². The minimum Gasteiger partial charge on any atom is -1.00 e. The van der Waals surface area contributed by atoms with Crippen molar-refractivity contribution in [2.45, 2.75) is 6.61 Å². The first-order valence-corrected chi connectivity index (χ1v) is 3.13. The molecule has 2 nitrogen and oxygen atoms in total. The third-order valence-electron chi connectivity index (χ3n) is 1.60. The van der Waals surface area contributed by atoms with E-state index in [0.717, 1.165) is 5.56 Å². The van der Waals surface area contributed by atoms with Crippen LogP contribution in [0.5, 0.6) is 0 Å². The fourth-order valence-electron chi connectivity index (χ4n) is 1.07. The molecule has 52 valence electrons. The number of cyclic esters (lactones) is 1. The van der Waals surface area contributed by atoms with Gasteiger partial charge in [-0.3, -0.25) is 0 Å². The van der Waals surface area contributed by atoms with Gasteiger partial charge in [0.05, 0.1) is 5.56 Å². The van der Waals surface area contributed by atoms with Crippen LogP contribution in [0, 0.1) is 0 Å². The third kappa shape index (κ3) is 1.33. The molecule has 0 amide bonds. The number of fused-ring (bicyclic) bond motifs is 1. The van der Waals surface area contributed by atoms with E-state index < -0.39 is 0 Å². The van der Waals surface area contributed by atoms with Crippen LogP contribution in [-0.2, 0) is 11.3 Å². The molecule has 0 spiro atoms. The molecule has 1 aromatic carbocycles. The zero-order valence-corrected chi connectivity index (χ0v) is 6.33. The maximum absolute atomic E-state index is 10.8. The number of carbonyl (C=O) groups excluding carboxylic acids is 1. The number of rotatable bonds is 0. The number of carbonyl (C=O) groups is 1. The van der Waals surface area contributed by atoms with Crippen LogP contribution in [0.3, 0.4) is 0 Å². The van der Waals surface area contributed by atoms with Crippen molar-refractivity contribution in [3.8, 4) is 0 Å². The summed E-state index contributed by atoms with van der Waals surface area (Å²) in [4.78, 5) is 10.8. The van der Waals surface area contributed by atoms with Crippen LogP contribution in [0.1, 0.15) is 17.3 Å². The van der Waals surface area contributed by atoms with Crippen molar-refractivity contribution in [1.29, 1.82) is 0 Å². The molecular formula is C8H7LiO2. The summed E-state index contributed by atoms with van der Waals surface area (Å²) in [6, 6.07) is 7.43. The maximum atomic E-state index is 10.8.